The number of amides is 1. The molecule has 36 heavy (non-hydrogen) atoms. The summed E-state index contributed by atoms with van der Waals surface area (Å²) in [5, 5.41) is 1.59. The molecule has 1 aromatic rings. The third-order valence-corrected chi connectivity index (χ3v) is 7.36. The van der Waals surface area contributed by atoms with Gasteiger partial charge < -0.3 is 14.4 Å². The van der Waals surface area contributed by atoms with E-state index in [1.54, 1.807) is 5.06 Å². The van der Waals surface area contributed by atoms with Gasteiger partial charge in [-0.05, 0) is 68.8 Å². The van der Waals surface area contributed by atoms with E-state index >= 15 is 0 Å². The molecule has 0 unspecified atom stereocenters. The van der Waals surface area contributed by atoms with E-state index in [2.05, 4.69) is 68.8 Å². The Hall–Kier alpha value is -2.25. The molecular weight excluding hydrogens is 454 g/mol. The van der Waals surface area contributed by atoms with E-state index in [0.29, 0.717) is 37.6 Å². The topological polar surface area (TPSA) is 54.5 Å². The largest absolute Gasteiger partial charge is 0.454 e. The SMILES string of the molecule is CC/C=C\N(CC)CCC[C@H]1[C@H](C)[C@@H](c2ccc3c(c2)OCO3)CN1CC(=O)N(CCC)OCCC.[HH]. The van der Waals surface area contributed by atoms with Gasteiger partial charge in [0.05, 0.1) is 13.2 Å². The molecule has 3 rings (SSSR count). The summed E-state index contributed by atoms with van der Waals surface area (Å²) in [6.45, 7) is 15.7. The van der Waals surface area contributed by atoms with Crippen LogP contribution in [0.1, 0.15) is 79.6 Å². The minimum atomic E-state index is 0. The van der Waals surface area contributed by atoms with Crippen molar-refractivity contribution in [1.29, 1.82) is 0 Å². The number of hydroxylamine groups is 2. The van der Waals surface area contributed by atoms with Crippen molar-refractivity contribution < 1.29 is 20.5 Å². The summed E-state index contributed by atoms with van der Waals surface area (Å²) in [6.07, 6.45) is 9.44. The summed E-state index contributed by atoms with van der Waals surface area (Å²) in [5.74, 6) is 2.48. The molecule has 1 aromatic carbocycles. The minimum Gasteiger partial charge on any atom is -0.454 e. The Morgan fingerprint density at radius 3 is 2.69 bits per heavy atom. The van der Waals surface area contributed by atoms with Gasteiger partial charge in [-0.15, -0.1) is 0 Å². The monoisotopic (exact) mass is 503 g/mol. The van der Waals surface area contributed by atoms with E-state index < -0.39 is 0 Å². The van der Waals surface area contributed by atoms with Gasteiger partial charge in [0, 0.05) is 39.6 Å². The second-order valence-electron chi connectivity index (χ2n) is 9.97. The number of hydrogen-bond donors (Lipinski definition) is 0. The number of carbonyl (C=O) groups excluding carboxylic acids is 1. The molecule has 0 aliphatic carbocycles. The average molecular weight is 504 g/mol. The van der Waals surface area contributed by atoms with Crippen LogP contribution in [-0.4, -0.2) is 72.9 Å². The van der Waals surface area contributed by atoms with Crippen LogP contribution in [0.4, 0.5) is 0 Å². The first-order valence-electron chi connectivity index (χ1n) is 14.0. The first kappa shape index (κ1) is 28.3. The van der Waals surface area contributed by atoms with Gasteiger partial charge in [-0.3, -0.25) is 14.5 Å². The maximum Gasteiger partial charge on any atom is 0.260 e. The lowest BCUT2D eigenvalue weighted by Crippen LogP contribution is -2.43. The Morgan fingerprint density at radius 2 is 1.97 bits per heavy atom. The molecule has 204 valence electrons. The number of fused-ring (bicyclic) bond motifs is 1. The highest BCUT2D eigenvalue weighted by molar-refractivity contribution is 5.77. The quantitative estimate of drug-likeness (QED) is 0.287. The predicted molar refractivity (Wildman–Crippen MR) is 146 cm³/mol. The van der Waals surface area contributed by atoms with Crippen LogP contribution in [0.25, 0.3) is 0 Å². The number of allylic oxidation sites excluding steroid dienone is 1. The smallest absolute Gasteiger partial charge is 0.260 e. The first-order chi connectivity index (χ1) is 17.5. The van der Waals surface area contributed by atoms with E-state index in [1.807, 2.05) is 6.07 Å². The number of rotatable bonds is 15. The maximum atomic E-state index is 13.3. The zero-order valence-corrected chi connectivity index (χ0v) is 23.1. The van der Waals surface area contributed by atoms with E-state index in [1.165, 1.54) is 5.56 Å². The van der Waals surface area contributed by atoms with Crippen LogP contribution in [0.5, 0.6) is 11.5 Å². The first-order valence-corrected chi connectivity index (χ1v) is 14.0. The zero-order valence-electron chi connectivity index (χ0n) is 23.1. The Morgan fingerprint density at radius 1 is 1.17 bits per heavy atom. The number of likely N-dealkylation sites (tertiary alicyclic amines) is 1. The summed E-state index contributed by atoms with van der Waals surface area (Å²) in [6, 6.07) is 6.66. The predicted octanol–water partition coefficient (Wildman–Crippen LogP) is 5.67. The summed E-state index contributed by atoms with van der Waals surface area (Å²) < 4.78 is 11.2. The van der Waals surface area contributed by atoms with Crippen LogP contribution in [0.2, 0.25) is 0 Å². The number of hydrogen-bond acceptors (Lipinski definition) is 6. The third kappa shape index (κ3) is 7.39. The summed E-state index contributed by atoms with van der Waals surface area (Å²) >= 11 is 0. The molecule has 0 saturated carbocycles. The second-order valence-corrected chi connectivity index (χ2v) is 9.97. The molecule has 0 spiro atoms. The molecule has 0 N–H and O–H groups in total. The van der Waals surface area contributed by atoms with Gasteiger partial charge in [0.2, 0.25) is 6.79 Å². The van der Waals surface area contributed by atoms with Crippen molar-refractivity contribution in [2.75, 3.05) is 46.1 Å². The van der Waals surface area contributed by atoms with Crippen LogP contribution >= 0.6 is 0 Å². The van der Waals surface area contributed by atoms with E-state index in [0.717, 1.165) is 63.2 Å². The van der Waals surface area contributed by atoms with Gasteiger partial charge in [-0.25, -0.2) is 5.06 Å². The highest BCUT2D eigenvalue weighted by Gasteiger charge is 2.41. The molecule has 0 bridgehead atoms. The molecule has 2 aliphatic heterocycles. The lowest BCUT2D eigenvalue weighted by atomic mass is 9.85. The van der Waals surface area contributed by atoms with Crippen molar-refractivity contribution in [3.63, 3.8) is 0 Å². The number of nitrogens with zero attached hydrogens (tertiary/aromatic N) is 3. The van der Waals surface area contributed by atoms with Gasteiger partial charge in [-0.1, -0.05) is 39.8 Å². The zero-order chi connectivity index (χ0) is 25.9. The summed E-state index contributed by atoms with van der Waals surface area (Å²) in [5.41, 5.74) is 1.26. The molecule has 0 radical (unpaired) electrons. The molecule has 1 amide bonds. The highest BCUT2D eigenvalue weighted by Crippen LogP contribution is 2.42. The van der Waals surface area contributed by atoms with Crippen molar-refractivity contribution in [3.05, 3.63) is 36.0 Å². The second kappa shape index (κ2) is 14.5. The number of ether oxygens (including phenoxy) is 2. The molecule has 7 nitrogen and oxygen atoms in total. The Kier molecular flexibility index (Phi) is 11.4. The van der Waals surface area contributed by atoms with E-state index in [4.69, 9.17) is 14.3 Å². The maximum absolute atomic E-state index is 13.3. The van der Waals surface area contributed by atoms with Gasteiger partial charge in [0.15, 0.2) is 11.5 Å². The fourth-order valence-electron chi connectivity index (χ4n) is 5.35. The average Bonchev–Trinajstić information content (AvgIpc) is 3.47. The molecule has 1 fully saturated rings. The van der Waals surface area contributed by atoms with Crippen LogP contribution in [0, 0.1) is 5.92 Å². The van der Waals surface area contributed by atoms with Crippen LogP contribution in [0.3, 0.4) is 0 Å². The summed E-state index contributed by atoms with van der Waals surface area (Å²) in [7, 11) is 0. The lowest BCUT2D eigenvalue weighted by molar-refractivity contribution is -0.188. The molecule has 0 aromatic heterocycles. The third-order valence-electron chi connectivity index (χ3n) is 7.36. The Labute approximate surface area is 219 Å². The lowest BCUT2D eigenvalue weighted by Gasteiger charge is -2.30. The molecule has 2 aliphatic rings. The van der Waals surface area contributed by atoms with Crippen molar-refractivity contribution in [1.82, 2.24) is 14.9 Å². The normalized spacial score (nSPS) is 21.4. The van der Waals surface area contributed by atoms with Crippen molar-refractivity contribution in [2.24, 2.45) is 5.92 Å². The minimum absolute atomic E-state index is 0. The Bertz CT molecular complexity index is 852. The fourth-order valence-corrected chi connectivity index (χ4v) is 5.35. The summed E-state index contributed by atoms with van der Waals surface area (Å²) in [4.78, 5) is 23.9. The van der Waals surface area contributed by atoms with Crippen molar-refractivity contribution in [3.8, 4) is 11.5 Å². The van der Waals surface area contributed by atoms with Crippen molar-refractivity contribution in [2.45, 2.75) is 78.7 Å². The number of carbonyl (C=O) groups is 1. The molecule has 3 atom stereocenters. The Balaban J connectivity index is 0.00000481. The highest BCUT2D eigenvalue weighted by atomic mass is 16.7. The van der Waals surface area contributed by atoms with Gasteiger partial charge in [0.1, 0.15) is 0 Å². The van der Waals surface area contributed by atoms with Crippen LogP contribution < -0.4 is 9.47 Å². The van der Waals surface area contributed by atoms with Gasteiger partial charge in [0.25, 0.3) is 5.91 Å². The van der Waals surface area contributed by atoms with Crippen LogP contribution in [0.15, 0.2) is 30.5 Å². The standard InChI is InChI=1S/C29H47N3O4.H2/c1-6-10-16-30(9-4)17-11-12-26-23(5)25(24-13-14-27-28(19-24)35-22-34-27)20-31(26)21-29(33)32(15-7-2)36-18-8-3;/h10,13-14,16,19,23,25-26H,6-9,11-12,15,17-18,20-22H2,1-5H3;1H/b16-10-;/t23-,25+,26+;/m1./s1. The van der Waals surface area contributed by atoms with E-state index in [9.17, 15) is 4.79 Å². The van der Waals surface area contributed by atoms with Crippen molar-refractivity contribution >= 4 is 5.91 Å². The molecule has 1 saturated heterocycles. The van der Waals surface area contributed by atoms with E-state index in [-0.39, 0.29) is 14.1 Å². The number of benzene rings is 1. The molecule has 7 heteroatoms. The molecular formula is C29H49N3O4. The van der Waals surface area contributed by atoms with Gasteiger partial charge in [-0.2, -0.15) is 0 Å². The fraction of sp³-hybridized carbons (Fsp3) is 0.690. The molecule has 2 heterocycles. The van der Waals surface area contributed by atoms with Gasteiger partial charge >= 0.3 is 0 Å². The van der Waals surface area contributed by atoms with Crippen LogP contribution in [-0.2, 0) is 9.63 Å².